The van der Waals surface area contributed by atoms with Gasteiger partial charge in [-0.2, -0.15) is 4.31 Å². The van der Waals surface area contributed by atoms with Gasteiger partial charge in [-0.15, -0.1) is 0 Å². The monoisotopic (exact) mass is 486 g/mol. The predicted molar refractivity (Wildman–Crippen MR) is 120 cm³/mol. The van der Waals surface area contributed by atoms with E-state index in [0.717, 1.165) is 19.3 Å². The summed E-state index contributed by atoms with van der Waals surface area (Å²) in [7, 11) is -3.94. The number of piperidine rings is 1. The number of hydrogen-bond donors (Lipinski definition) is 0. The van der Waals surface area contributed by atoms with E-state index in [1.807, 2.05) is 13.8 Å². The fourth-order valence-corrected chi connectivity index (χ4v) is 6.58. The van der Waals surface area contributed by atoms with Crippen molar-refractivity contribution >= 4 is 33.5 Å². The minimum Gasteiger partial charge on any atom is -0.452 e. The van der Waals surface area contributed by atoms with Crippen LogP contribution in [0.4, 0.5) is 0 Å². The van der Waals surface area contributed by atoms with E-state index in [0.29, 0.717) is 0 Å². The van der Waals surface area contributed by atoms with Crippen LogP contribution >= 0.6 is 11.6 Å². The third-order valence-electron chi connectivity index (χ3n) is 5.98. The summed E-state index contributed by atoms with van der Waals surface area (Å²) >= 11 is 6.19. The maximum absolute atomic E-state index is 13.2. The first-order valence-corrected chi connectivity index (χ1v) is 12.8. The molecule has 2 fully saturated rings. The lowest BCUT2D eigenvalue weighted by molar-refractivity contribution is -0.140. The quantitative estimate of drug-likeness (QED) is 0.594. The molecule has 0 bridgehead atoms. The van der Waals surface area contributed by atoms with Gasteiger partial charge >= 0.3 is 5.97 Å². The van der Waals surface area contributed by atoms with Crippen molar-refractivity contribution in [3.63, 3.8) is 0 Å². The van der Waals surface area contributed by atoms with E-state index in [1.165, 1.54) is 22.5 Å². The second kappa shape index (κ2) is 10.1. The van der Waals surface area contributed by atoms with E-state index in [4.69, 9.17) is 21.1 Å². The number of morpholine rings is 1. The maximum atomic E-state index is 13.2. The lowest BCUT2D eigenvalue weighted by Gasteiger charge is -2.38. The Labute approximate surface area is 194 Å². The smallest absolute Gasteiger partial charge is 0.338 e. The molecule has 0 N–H and O–H groups in total. The van der Waals surface area contributed by atoms with Gasteiger partial charge in [0.2, 0.25) is 10.0 Å². The van der Waals surface area contributed by atoms with E-state index in [2.05, 4.69) is 0 Å². The molecule has 4 unspecified atom stereocenters. The number of carbonyl (C=O) groups excluding carboxylic acids is 2. The summed E-state index contributed by atoms with van der Waals surface area (Å²) in [6.45, 7) is 7.56. The van der Waals surface area contributed by atoms with Crippen LogP contribution < -0.4 is 0 Å². The molecular formula is C22H31ClN2O6S. The molecule has 0 spiro atoms. The summed E-state index contributed by atoms with van der Waals surface area (Å²) < 4.78 is 38.5. The van der Waals surface area contributed by atoms with Gasteiger partial charge in [0.15, 0.2) is 6.61 Å². The molecule has 0 aromatic heterocycles. The second-order valence-electron chi connectivity index (χ2n) is 8.73. The molecule has 0 saturated carbocycles. The number of carbonyl (C=O) groups is 2. The minimum atomic E-state index is -3.94. The van der Waals surface area contributed by atoms with Gasteiger partial charge < -0.3 is 14.4 Å². The molecule has 178 valence electrons. The number of likely N-dealkylation sites (tertiary alicyclic amines) is 1. The minimum absolute atomic E-state index is 0.0143. The van der Waals surface area contributed by atoms with Gasteiger partial charge in [0.1, 0.15) is 4.90 Å². The van der Waals surface area contributed by atoms with Crippen molar-refractivity contribution in [1.82, 2.24) is 9.21 Å². The third kappa shape index (κ3) is 5.44. The highest BCUT2D eigenvalue weighted by Crippen LogP contribution is 2.28. The van der Waals surface area contributed by atoms with Gasteiger partial charge in [-0.25, -0.2) is 13.2 Å². The van der Waals surface area contributed by atoms with Crippen molar-refractivity contribution < 1.29 is 27.5 Å². The molecule has 0 radical (unpaired) electrons. The van der Waals surface area contributed by atoms with Crippen molar-refractivity contribution in [1.29, 1.82) is 0 Å². The van der Waals surface area contributed by atoms with Crippen LogP contribution in [0.2, 0.25) is 5.02 Å². The number of nitrogens with zero attached hydrogens (tertiary/aromatic N) is 2. The molecule has 2 heterocycles. The summed E-state index contributed by atoms with van der Waals surface area (Å²) in [4.78, 5) is 26.8. The molecule has 2 saturated heterocycles. The zero-order valence-electron chi connectivity index (χ0n) is 18.9. The van der Waals surface area contributed by atoms with Crippen molar-refractivity contribution in [3.8, 4) is 0 Å². The maximum Gasteiger partial charge on any atom is 0.338 e. The molecule has 3 rings (SSSR count). The van der Waals surface area contributed by atoms with Crippen LogP contribution in [0.3, 0.4) is 0 Å². The largest absolute Gasteiger partial charge is 0.452 e. The Hall–Kier alpha value is -1.68. The van der Waals surface area contributed by atoms with Crippen LogP contribution in [0.1, 0.15) is 57.3 Å². The molecule has 1 aromatic rings. The van der Waals surface area contributed by atoms with E-state index < -0.39 is 22.6 Å². The fourth-order valence-electron chi connectivity index (χ4n) is 4.49. The van der Waals surface area contributed by atoms with Crippen molar-refractivity contribution in [2.24, 2.45) is 0 Å². The molecule has 8 nitrogen and oxygen atoms in total. The molecule has 2 aliphatic heterocycles. The van der Waals surface area contributed by atoms with Crippen LogP contribution in [0.15, 0.2) is 23.1 Å². The number of amides is 1. The zero-order valence-corrected chi connectivity index (χ0v) is 20.5. The zero-order chi connectivity index (χ0) is 23.6. The van der Waals surface area contributed by atoms with Crippen molar-refractivity contribution in [2.75, 3.05) is 19.7 Å². The summed E-state index contributed by atoms with van der Waals surface area (Å²) in [6.07, 6.45) is 2.38. The molecule has 1 aromatic carbocycles. The average molecular weight is 487 g/mol. The van der Waals surface area contributed by atoms with Crippen LogP contribution in [0, 0.1) is 0 Å². The number of halogens is 1. The molecule has 1 amide bonds. The first-order chi connectivity index (χ1) is 15.0. The van der Waals surface area contributed by atoms with Gasteiger partial charge in [0, 0.05) is 25.2 Å². The fraction of sp³-hybridized carbons (Fsp3) is 0.636. The third-order valence-corrected chi connectivity index (χ3v) is 8.29. The van der Waals surface area contributed by atoms with Gasteiger partial charge in [0.25, 0.3) is 5.91 Å². The van der Waals surface area contributed by atoms with Crippen molar-refractivity contribution in [2.45, 2.75) is 76.1 Å². The lowest BCUT2D eigenvalue weighted by Crippen LogP contribution is -2.49. The van der Waals surface area contributed by atoms with E-state index in [-0.39, 0.29) is 58.8 Å². The van der Waals surface area contributed by atoms with E-state index in [1.54, 1.807) is 18.7 Å². The first-order valence-electron chi connectivity index (χ1n) is 10.9. The number of esters is 1. The van der Waals surface area contributed by atoms with Crippen LogP contribution in [-0.4, -0.2) is 73.5 Å². The highest BCUT2D eigenvalue weighted by Gasteiger charge is 2.34. The Morgan fingerprint density at radius 1 is 1.09 bits per heavy atom. The molecule has 10 heteroatoms. The summed E-state index contributed by atoms with van der Waals surface area (Å²) in [5.74, 6) is -1.02. The van der Waals surface area contributed by atoms with Crippen LogP contribution in [0.25, 0.3) is 0 Å². The molecule has 32 heavy (non-hydrogen) atoms. The Morgan fingerprint density at radius 3 is 2.28 bits per heavy atom. The van der Waals surface area contributed by atoms with Gasteiger partial charge in [-0.3, -0.25) is 4.79 Å². The number of ether oxygens (including phenoxy) is 2. The number of sulfonamides is 1. The Bertz CT molecular complexity index is 949. The van der Waals surface area contributed by atoms with Crippen LogP contribution in [-0.2, 0) is 24.3 Å². The van der Waals surface area contributed by atoms with Gasteiger partial charge in [0.05, 0.1) is 22.8 Å². The Balaban J connectivity index is 1.73. The van der Waals surface area contributed by atoms with Gasteiger partial charge in [-0.05, 0) is 65.2 Å². The molecule has 2 aliphatic rings. The summed E-state index contributed by atoms with van der Waals surface area (Å²) in [5.41, 5.74) is 0.0230. The second-order valence-corrected chi connectivity index (χ2v) is 11.0. The lowest BCUT2D eigenvalue weighted by atomic mass is 9.97. The van der Waals surface area contributed by atoms with E-state index in [9.17, 15) is 18.0 Å². The normalized spacial score (nSPS) is 27.2. The summed E-state index contributed by atoms with van der Waals surface area (Å²) in [6, 6.07) is 4.15. The molecule has 0 aliphatic carbocycles. The SMILES string of the molecule is CC1CN(S(=O)(=O)c2cc(C(=O)OCC(=O)N3C(C)CCCC3C)ccc2Cl)CC(C)O1. The Morgan fingerprint density at radius 2 is 1.69 bits per heavy atom. The highest BCUT2D eigenvalue weighted by molar-refractivity contribution is 7.89. The molecular weight excluding hydrogens is 456 g/mol. The number of hydrogen-bond acceptors (Lipinski definition) is 6. The number of benzene rings is 1. The standard InChI is InChI=1S/C22H31ClN2O6S/c1-14-6-5-7-15(2)25(14)21(26)13-30-22(27)18-8-9-19(23)20(10-18)32(28,29)24-11-16(3)31-17(4)12-24/h8-10,14-17H,5-7,11-13H2,1-4H3. The highest BCUT2D eigenvalue weighted by atomic mass is 35.5. The molecule has 4 atom stereocenters. The van der Waals surface area contributed by atoms with E-state index >= 15 is 0 Å². The van der Waals surface area contributed by atoms with Crippen LogP contribution in [0.5, 0.6) is 0 Å². The van der Waals surface area contributed by atoms with Gasteiger partial charge in [-0.1, -0.05) is 11.6 Å². The summed E-state index contributed by atoms with van der Waals surface area (Å²) in [5, 5.41) is 0.0143. The first kappa shape index (κ1) is 25.0. The average Bonchev–Trinajstić information content (AvgIpc) is 2.71. The topological polar surface area (TPSA) is 93.2 Å². The predicted octanol–water partition coefficient (Wildman–Crippen LogP) is 3.08. The Kier molecular flexibility index (Phi) is 7.85. The number of rotatable bonds is 5. The van der Waals surface area contributed by atoms with Crippen molar-refractivity contribution in [3.05, 3.63) is 28.8 Å².